The summed E-state index contributed by atoms with van der Waals surface area (Å²) in [6.07, 6.45) is 2.92. The Bertz CT molecular complexity index is 774. The first-order valence-corrected chi connectivity index (χ1v) is 10.8. The average Bonchev–Trinajstić information content (AvgIpc) is 3.28. The molecule has 0 radical (unpaired) electrons. The summed E-state index contributed by atoms with van der Waals surface area (Å²) in [7, 11) is 0. The van der Waals surface area contributed by atoms with Gasteiger partial charge in [0.1, 0.15) is 6.04 Å². The number of hydrogen-bond donors (Lipinski definition) is 3. The average molecular weight is 423 g/mol. The Hall–Kier alpha value is -2.46. The number of imide groups is 1. The minimum atomic E-state index is -0.735. The van der Waals surface area contributed by atoms with E-state index in [9.17, 15) is 19.5 Å². The molecule has 29 heavy (non-hydrogen) atoms. The van der Waals surface area contributed by atoms with Crippen LogP contribution in [0.4, 0.5) is 4.79 Å². The molecule has 1 aromatic carbocycles. The van der Waals surface area contributed by atoms with Crippen molar-refractivity contribution in [2.24, 2.45) is 0 Å². The molecule has 2 atom stereocenters. The van der Waals surface area contributed by atoms with E-state index in [1.54, 1.807) is 30.0 Å². The Labute approximate surface area is 173 Å². The van der Waals surface area contributed by atoms with Crippen molar-refractivity contribution >= 4 is 29.6 Å². The minimum Gasteiger partial charge on any atom is -0.454 e. The Kier molecular flexibility index (Phi) is 7.21. The molecule has 2 aliphatic rings. The number of urea groups is 1. The Morgan fingerprint density at radius 1 is 1.38 bits per heavy atom. The van der Waals surface area contributed by atoms with Crippen molar-refractivity contribution in [1.29, 1.82) is 0 Å². The van der Waals surface area contributed by atoms with Gasteiger partial charge in [0.25, 0.3) is 5.91 Å². The maximum atomic E-state index is 12.6. The molecule has 2 heterocycles. The minimum absolute atomic E-state index is 0.0876. The van der Waals surface area contributed by atoms with Gasteiger partial charge in [0.2, 0.25) is 12.7 Å². The van der Waals surface area contributed by atoms with Crippen LogP contribution in [0.5, 0.6) is 11.5 Å². The molecule has 2 unspecified atom stereocenters. The van der Waals surface area contributed by atoms with E-state index in [1.807, 2.05) is 6.26 Å². The number of aliphatic hydroxyl groups is 1. The van der Waals surface area contributed by atoms with Crippen LogP contribution in [0.3, 0.4) is 0 Å². The smallest absolute Gasteiger partial charge is 0.325 e. The quantitative estimate of drug-likeness (QED) is 0.478. The fraction of sp³-hybridized carbons (Fsp3) is 0.526. The second-order valence-electron chi connectivity index (χ2n) is 6.88. The zero-order valence-corrected chi connectivity index (χ0v) is 17.0. The molecule has 0 saturated carbocycles. The third kappa shape index (κ3) is 5.33. The normalized spacial score (nSPS) is 18.7. The van der Waals surface area contributed by atoms with Gasteiger partial charge in [-0.25, -0.2) is 4.79 Å². The lowest BCUT2D eigenvalue weighted by Gasteiger charge is -2.16. The molecule has 0 bridgehead atoms. The highest BCUT2D eigenvalue weighted by atomic mass is 32.2. The predicted octanol–water partition coefficient (Wildman–Crippen LogP) is 0.846. The van der Waals surface area contributed by atoms with Gasteiger partial charge in [-0.2, -0.15) is 11.8 Å². The van der Waals surface area contributed by atoms with Crippen molar-refractivity contribution in [1.82, 2.24) is 15.5 Å². The molecule has 10 heteroatoms. The second kappa shape index (κ2) is 9.84. The van der Waals surface area contributed by atoms with Crippen molar-refractivity contribution < 1.29 is 29.0 Å². The van der Waals surface area contributed by atoms with Crippen LogP contribution in [-0.4, -0.2) is 65.3 Å². The summed E-state index contributed by atoms with van der Waals surface area (Å²) in [5.74, 6) is 1.44. The first-order chi connectivity index (χ1) is 14.0. The standard InChI is InChI=1S/C19H25N3O6S/c1-29-7-6-13(10-23)20-17(24)5-3-14-18(25)22(19(26)21-14)9-12-2-4-15-16(8-12)28-11-27-15/h2,4,8,13-14,23H,3,5-7,9-11H2,1H3,(H,20,24)(H,21,26). The van der Waals surface area contributed by atoms with Crippen LogP contribution in [0, 0.1) is 0 Å². The van der Waals surface area contributed by atoms with Gasteiger partial charge in [0, 0.05) is 6.42 Å². The number of nitrogens with one attached hydrogen (secondary N) is 2. The van der Waals surface area contributed by atoms with E-state index >= 15 is 0 Å². The van der Waals surface area contributed by atoms with Gasteiger partial charge in [-0.15, -0.1) is 0 Å². The molecule has 9 nitrogen and oxygen atoms in total. The third-order valence-electron chi connectivity index (χ3n) is 4.80. The fourth-order valence-corrected chi connectivity index (χ4v) is 3.71. The van der Waals surface area contributed by atoms with Crippen molar-refractivity contribution in [3.63, 3.8) is 0 Å². The molecule has 158 valence electrons. The summed E-state index contributed by atoms with van der Waals surface area (Å²) in [4.78, 5) is 38.1. The van der Waals surface area contributed by atoms with Gasteiger partial charge in [0.05, 0.1) is 19.2 Å². The number of ether oxygens (including phenoxy) is 2. The van der Waals surface area contributed by atoms with Gasteiger partial charge in [-0.1, -0.05) is 6.07 Å². The zero-order chi connectivity index (χ0) is 20.8. The first kappa shape index (κ1) is 21.3. The number of hydrogen-bond acceptors (Lipinski definition) is 7. The molecule has 0 aliphatic carbocycles. The van der Waals surface area contributed by atoms with Crippen LogP contribution in [-0.2, 0) is 16.1 Å². The molecule has 0 spiro atoms. The van der Waals surface area contributed by atoms with E-state index in [2.05, 4.69) is 10.6 Å². The summed E-state index contributed by atoms with van der Waals surface area (Å²) < 4.78 is 10.6. The third-order valence-corrected chi connectivity index (χ3v) is 5.44. The Morgan fingerprint density at radius 3 is 2.93 bits per heavy atom. The number of carbonyl (C=O) groups is 3. The number of rotatable bonds is 10. The van der Waals surface area contributed by atoms with Gasteiger partial charge in [-0.05, 0) is 42.5 Å². The highest BCUT2D eigenvalue weighted by molar-refractivity contribution is 7.98. The fourth-order valence-electron chi connectivity index (χ4n) is 3.19. The number of fused-ring (bicyclic) bond motifs is 1. The maximum Gasteiger partial charge on any atom is 0.325 e. The van der Waals surface area contributed by atoms with Crippen LogP contribution in [0.15, 0.2) is 18.2 Å². The number of amides is 4. The molecule has 1 aromatic rings. The molecule has 1 saturated heterocycles. The highest BCUT2D eigenvalue weighted by Crippen LogP contribution is 2.33. The van der Waals surface area contributed by atoms with Crippen molar-refractivity contribution in [2.45, 2.75) is 37.9 Å². The van der Waals surface area contributed by atoms with Crippen molar-refractivity contribution in [3.8, 4) is 11.5 Å². The van der Waals surface area contributed by atoms with E-state index < -0.39 is 12.1 Å². The summed E-state index contributed by atoms with van der Waals surface area (Å²) in [5, 5.41) is 14.7. The Balaban J connectivity index is 1.50. The van der Waals surface area contributed by atoms with E-state index in [0.29, 0.717) is 17.9 Å². The second-order valence-corrected chi connectivity index (χ2v) is 7.87. The topological polar surface area (TPSA) is 117 Å². The predicted molar refractivity (Wildman–Crippen MR) is 107 cm³/mol. The van der Waals surface area contributed by atoms with E-state index in [1.165, 1.54) is 0 Å². The number of benzene rings is 1. The number of thioether (sulfide) groups is 1. The number of carbonyl (C=O) groups excluding carboxylic acids is 3. The van der Waals surface area contributed by atoms with Gasteiger partial charge in [0.15, 0.2) is 11.5 Å². The molecular weight excluding hydrogens is 398 g/mol. The molecule has 0 aromatic heterocycles. The lowest BCUT2D eigenvalue weighted by molar-refractivity contribution is -0.128. The molecular formula is C19H25N3O6S. The summed E-state index contributed by atoms with van der Waals surface area (Å²) in [5.41, 5.74) is 0.746. The maximum absolute atomic E-state index is 12.6. The van der Waals surface area contributed by atoms with Crippen LogP contribution < -0.4 is 20.1 Å². The number of nitrogens with zero attached hydrogens (tertiary/aromatic N) is 1. The van der Waals surface area contributed by atoms with E-state index in [4.69, 9.17) is 9.47 Å². The SMILES string of the molecule is CSCCC(CO)NC(=O)CCC1NC(=O)N(Cc2ccc3c(c2)OCO3)C1=O. The first-order valence-electron chi connectivity index (χ1n) is 9.41. The van der Waals surface area contributed by atoms with Crippen LogP contribution in [0.1, 0.15) is 24.8 Å². The van der Waals surface area contributed by atoms with E-state index in [0.717, 1.165) is 16.2 Å². The van der Waals surface area contributed by atoms with Crippen LogP contribution in [0.25, 0.3) is 0 Å². The van der Waals surface area contributed by atoms with Crippen molar-refractivity contribution in [3.05, 3.63) is 23.8 Å². The van der Waals surface area contributed by atoms with Crippen LogP contribution in [0.2, 0.25) is 0 Å². The zero-order valence-electron chi connectivity index (χ0n) is 16.2. The molecule has 3 N–H and O–H groups in total. The largest absolute Gasteiger partial charge is 0.454 e. The van der Waals surface area contributed by atoms with Gasteiger partial charge in [-0.3, -0.25) is 14.5 Å². The Morgan fingerprint density at radius 2 is 2.17 bits per heavy atom. The van der Waals surface area contributed by atoms with Crippen LogP contribution >= 0.6 is 11.8 Å². The lowest BCUT2D eigenvalue weighted by atomic mass is 10.1. The summed E-state index contributed by atoms with van der Waals surface area (Å²) >= 11 is 1.64. The number of aliphatic hydroxyl groups excluding tert-OH is 1. The summed E-state index contributed by atoms with van der Waals surface area (Å²) in [6, 6.07) is 3.75. The lowest BCUT2D eigenvalue weighted by Crippen LogP contribution is -2.39. The molecule has 4 amide bonds. The summed E-state index contributed by atoms with van der Waals surface area (Å²) in [6.45, 7) is 0.139. The molecule has 1 fully saturated rings. The van der Waals surface area contributed by atoms with E-state index in [-0.39, 0.29) is 50.6 Å². The molecule has 2 aliphatic heterocycles. The highest BCUT2D eigenvalue weighted by Gasteiger charge is 2.38. The monoisotopic (exact) mass is 423 g/mol. The van der Waals surface area contributed by atoms with Gasteiger partial charge < -0.3 is 25.2 Å². The van der Waals surface area contributed by atoms with Crippen molar-refractivity contribution in [2.75, 3.05) is 25.4 Å². The van der Waals surface area contributed by atoms with Gasteiger partial charge >= 0.3 is 6.03 Å². The molecule has 3 rings (SSSR count).